The summed E-state index contributed by atoms with van der Waals surface area (Å²) in [5.41, 5.74) is 1.08. The number of methoxy groups -OCH3 is 1. The Morgan fingerprint density at radius 1 is 1.21 bits per heavy atom. The van der Waals surface area contributed by atoms with Crippen molar-refractivity contribution in [2.75, 3.05) is 7.11 Å². The number of aliphatic hydroxyl groups excluding tert-OH is 1. The number of hydrogen-bond acceptors (Lipinski definition) is 2. The lowest BCUT2D eigenvalue weighted by atomic mass is 9.83. The van der Waals surface area contributed by atoms with Crippen molar-refractivity contribution in [3.05, 3.63) is 35.9 Å². The summed E-state index contributed by atoms with van der Waals surface area (Å²) < 4.78 is 5.54. The van der Waals surface area contributed by atoms with Gasteiger partial charge >= 0.3 is 0 Å². The van der Waals surface area contributed by atoms with E-state index in [0.717, 1.165) is 29.7 Å². The summed E-state index contributed by atoms with van der Waals surface area (Å²) in [6, 6.07) is 10.1. The minimum absolute atomic E-state index is 0.180. The highest BCUT2D eigenvalue weighted by atomic mass is 16.5. The summed E-state index contributed by atoms with van der Waals surface area (Å²) in [7, 11) is 1.70. The summed E-state index contributed by atoms with van der Waals surface area (Å²) in [5.74, 6) is 2.53. The zero-order valence-electron chi connectivity index (χ0n) is 11.7. The molecule has 0 radical (unpaired) electrons. The molecular weight excluding hydrogens is 236 g/mol. The second-order valence-electron chi connectivity index (χ2n) is 6.30. The molecule has 0 saturated heterocycles. The van der Waals surface area contributed by atoms with Crippen molar-refractivity contribution in [1.82, 2.24) is 0 Å². The van der Waals surface area contributed by atoms with Gasteiger partial charge in [-0.15, -0.1) is 0 Å². The van der Waals surface area contributed by atoms with Crippen LogP contribution in [0.1, 0.15) is 43.8 Å². The van der Waals surface area contributed by atoms with Gasteiger partial charge < -0.3 is 9.84 Å². The molecule has 1 N–H and O–H groups in total. The van der Waals surface area contributed by atoms with Crippen molar-refractivity contribution < 1.29 is 9.84 Å². The second-order valence-corrected chi connectivity index (χ2v) is 6.30. The van der Waals surface area contributed by atoms with Gasteiger partial charge in [-0.05, 0) is 49.0 Å². The number of aliphatic hydroxyl groups is 1. The Labute approximate surface area is 115 Å². The fraction of sp³-hybridized carbons (Fsp3) is 0.647. The van der Waals surface area contributed by atoms with Gasteiger partial charge in [-0.2, -0.15) is 0 Å². The van der Waals surface area contributed by atoms with E-state index in [1.54, 1.807) is 7.11 Å². The minimum atomic E-state index is -0.378. The molecule has 19 heavy (non-hydrogen) atoms. The molecule has 2 heteroatoms. The predicted molar refractivity (Wildman–Crippen MR) is 75.8 cm³/mol. The molecule has 3 rings (SSSR count). The van der Waals surface area contributed by atoms with E-state index in [2.05, 4.69) is 0 Å². The Bertz CT molecular complexity index is 403. The van der Waals surface area contributed by atoms with Crippen molar-refractivity contribution in [2.45, 2.75) is 44.3 Å². The summed E-state index contributed by atoms with van der Waals surface area (Å²) in [5, 5.41) is 10.5. The van der Waals surface area contributed by atoms with Gasteiger partial charge in [0.05, 0.1) is 6.10 Å². The van der Waals surface area contributed by atoms with Gasteiger partial charge in [0.15, 0.2) is 0 Å². The quantitative estimate of drug-likeness (QED) is 0.877. The molecule has 5 unspecified atom stereocenters. The van der Waals surface area contributed by atoms with E-state index in [1.807, 2.05) is 30.3 Å². The first-order valence-corrected chi connectivity index (χ1v) is 7.53. The average molecular weight is 260 g/mol. The molecule has 104 valence electrons. The van der Waals surface area contributed by atoms with Crippen LogP contribution >= 0.6 is 0 Å². The third-order valence-corrected chi connectivity index (χ3v) is 5.16. The van der Waals surface area contributed by atoms with Gasteiger partial charge in [0.1, 0.15) is 6.10 Å². The Morgan fingerprint density at radius 3 is 2.58 bits per heavy atom. The van der Waals surface area contributed by atoms with Crippen LogP contribution < -0.4 is 0 Å². The molecule has 0 heterocycles. The van der Waals surface area contributed by atoms with Crippen molar-refractivity contribution >= 4 is 0 Å². The molecule has 1 aromatic carbocycles. The number of fused-ring (bicyclic) bond motifs is 2. The fourth-order valence-electron chi connectivity index (χ4n) is 4.26. The van der Waals surface area contributed by atoms with Crippen LogP contribution in [0.25, 0.3) is 0 Å². The standard InChI is InChI=1S/C17H24O2/c1-19-17(13-5-3-2-4-6-13)16(18)11-15-10-12-7-8-14(15)9-12/h2-6,12,14-18H,7-11H2,1H3. The number of benzene rings is 1. The average Bonchev–Trinajstić information content (AvgIpc) is 3.03. The Morgan fingerprint density at radius 2 is 2.00 bits per heavy atom. The fourth-order valence-corrected chi connectivity index (χ4v) is 4.26. The number of hydrogen-bond donors (Lipinski definition) is 1. The summed E-state index contributed by atoms with van der Waals surface area (Å²) in [4.78, 5) is 0. The van der Waals surface area contributed by atoms with Crippen LogP contribution in [0.3, 0.4) is 0 Å². The molecule has 2 fully saturated rings. The lowest BCUT2D eigenvalue weighted by Crippen LogP contribution is -2.25. The van der Waals surface area contributed by atoms with E-state index in [-0.39, 0.29) is 12.2 Å². The van der Waals surface area contributed by atoms with Crippen molar-refractivity contribution in [1.29, 1.82) is 0 Å². The Balaban J connectivity index is 1.64. The zero-order chi connectivity index (χ0) is 13.2. The zero-order valence-corrected chi connectivity index (χ0v) is 11.7. The van der Waals surface area contributed by atoms with Crippen molar-refractivity contribution in [3.63, 3.8) is 0 Å². The third kappa shape index (κ3) is 2.70. The monoisotopic (exact) mass is 260 g/mol. The lowest BCUT2D eigenvalue weighted by molar-refractivity contribution is -0.0285. The molecule has 2 bridgehead atoms. The molecule has 2 nitrogen and oxygen atoms in total. The Kier molecular flexibility index (Phi) is 3.90. The largest absolute Gasteiger partial charge is 0.390 e. The minimum Gasteiger partial charge on any atom is -0.390 e. The van der Waals surface area contributed by atoms with Crippen LogP contribution in [-0.2, 0) is 4.74 Å². The molecule has 0 amide bonds. The van der Waals surface area contributed by atoms with Crippen LogP contribution in [0.5, 0.6) is 0 Å². The van der Waals surface area contributed by atoms with E-state index >= 15 is 0 Å². The molecule has 0 aromatic heterocycles. The van der Waals surface area contributed by atoms with Crippen molar-refractivity contribution in [3.8, 4) is 0 Å². The maximum absolute atomic E-state index is 10.5. The molecular formula is C17H24O2. The topological polar surface area (TPSA) is 29.5 Å². The van der Waals surface area contributed by atoms with Crippen LogP contribution in [0.2, 0.25) is 0 Å². The molecule has 2 saturated carbocycles. The van der Waals surface area contributed by atoms with Gasteiger partial charge in [0.2, 0.25) is 0 Å². The number of ether oxygens (including phenoxy) is 1. The molecule has 0 aliphatic heterocycles. The lowest BCUT2D eigenvalue weighted by Gasteiger charge is -2.28. The van der Waals surface area contributed by atoms with Gasteiger partial charge in [-0.3, -0.25) is 0 Å². The van der Waals surface area contributed by atoms with E-state index < -0.39 is 0 Å². The van der Waals surface area contributed by atoms with Crippen LogP contribution in [0, 0.1) is 17.8 Å². The van der Waals surface area contributed by atoms with Crippen LogP contribution in [0.15, 0.2) is 30.3 Å². The molecule has 1 aromatic rings. The molecule has 2 aliphatic carbocycles. The van der Waals surface area contributed by atoms with Crippen molar-refractivity contribution in [2.24, 2.45) is 17.8 Å². The first-order valence-electron chi connectivity index (χ1n) is 7.53. The third-order valence-electron chi connectivity index (χ3n) is 5.16. The maximum atomic E-state index is 10.5. The first-order chi connectivity index (χ1) is 9.28. The Hall–Kier alpha value is -0.860. The molecule has 0 spiro atoms. The summed E-state index contributed by atoms with van der Waals surface area (Å²) >= 11 is 0. The molecule has 2 aliphatic rings. The first kappa shape index (κ1) is 13.1. The summed E-state index contributed by atoms with van der Waals surface area (Å²) in [6.45, 7) is 0. The SMILES string of the molecule is COC(c1ccccc1)C(O)CC1CC2CCC1C2. The summed E-state index contributed by atoms with van der Waals surface area (Å²) in [6.07, 6.45) is 5.87. The smallest absolute Gasteiger partial charge is 0.108 e. The number of rotatable bonds is 5. The van der Waals surface area contributed by atoms with E-state index in [1.165, 1.54) is 25.7 Å². The highest BCUT2D eigenvalue weighted by Gasteiger charge is 2.40. The highest BCUT2D eigenvalue weighted by molar-refractivity contribution is 5.18. The van der Waals surface area contributed by atoms with Crippen LogP contribution in [-0.4, -0.2) is 18.3 Å². The van der Waals surface area contributed by atoms with E-state index in [0.29, 0.717) is 0 Å². The van der Waals surface area contributed by atoms with Crippen LogP contribution in [0.4, 0.5) is 0 Å². The van der Waals surface area contributed by atoms with E-state index in [9.17, 15) is 5.11 Å². The van der Waals surface area contributed by atoms with Gasteiger partial charge in [0, 0.05) is 7.11 Å². The predicted octanol–water partition coefficient (Wildman–Crippen LogP) is 3.56. The van der Waals surface area contributed by atoms with Gasteiger partial charge in [0.25, 0.3) is 0 Å². The van der Waals surface area contributed by atoms with E-state index in [4.69, 9.17) is 4.74 Å². The second kappa shape index (κ2) is 5.64. The van der Waals surface area contributed by atoms with Gasteiger partial charge in [-0.25, -0.2) is 0 Å². The normalized spacial score (nSPS) is 32.4. The molecule has 5 atom stereocenters. The van der Waals surface area contributed by atoms with Gasteiger partial charge in [-0.1, -0.05) is 36.8 Å². The highest BCUT2D eigenvalue weighted by Crippen LogP contribution is 2.50. The maximum Gasteiger partial charge on any atom is 0.108 e.